The molecule has 18 heavy (non-hydrogen) atoms. The Morgan fingerprint density at radius 2 is 1.94 bits per heavy atom. The topological polar surface area (TPSA) is 59.9 Å². The molecule has 5 nitrogen and oxygen atoms in total. The zero-order valence-corrected chi connectivity index (χ0v) is 10.4. The molecule has 0 spiro atoms. The minimum absolute atomic E-state index is 0.683. The average Bonchev–Trinajstić information content (AvgIpc) is 2.91. The first kappa shape index (κ1) is 10.9. The van der Waals surface area contributed by atoms with Gasteiger partial charge < -0.3 is 10.1 Å². The third-order valence-corrected chi connectivity index (χ3v) is 3.11. The molecule has 1 heterocycles. The van der Waals surface area contributed by atoms with Gasteiger partial charge in [-0.1, -0.05) is 21.7 Å². The molecule has 90 valence electrons. The van der Waals surface area contributed by atoms with Crippen molar-refractivity contribution in [3.05, 3.63) is 36.4 Å². The van der Waals surface area contributed by atoms with Gasteiger partial charge in [0.15, 0.2) is 0 Å². The van der Waals surface area contributed by atoms with Crippen LogP contribution in [0.25, 0.3) is 10.8 Å². The van der Waals surface area contributed by atoms with Crippen LogP contribution in [0.15, 0.2) is 36.4 Å². The van der Waals surface area contributed by atoms with Gasteiger partial charge in [0, 0.05) is 17.2 Å². The minimum atomic E-state index is 0.683. The summed E-state index contributed by atoms with van der Waals surface area (Å²) >= 11 is 1.23. The van der Waals surface area contributed by atoms with E-state index in [0.29, 0.717) is 5.13 Å². The lowest BCUT2D eigenvalue weighted by molar-refractivity contribution is 0.415. The molecule has 3 rings (SSSR count). The first-order valence-electron chi connectivity index (χ1n) is 5.35. The molecule has 0 saturated heterocycles. The number of benzene rings is 2. The summed E-state index contributed by atoms with van der Waals surface area (Å²) in [7, 11) is 1.67. The van der Waals surface area contributed by atoms with Gasteiger partial charge in [-0.25, -0.2) is 0 Å². The fourth-order valence-electron chi connectivity index (χ4n) is 1.73. The minimum Gasteiger partial charge on any atom is -0.497 e. The lowest BCUT2D eigenvalue weighted by Crippen LogP contribution is -1.89. The van der Waals surface area contributed by atoms with E-state index >= 15 is 0 Å². The van der Waals surface area contributed by atoms with Crippen molar-refractivity contribution in [2.24, 2.45) is 0 Å². The van der Waals surface area contributed by atoms with Gasteiger partial charge in [0.2, 0.25) is 5.13 Å². The number of hydrogen-bond donors (Lipinski definition) is 1. The molecule has 3 aromatic rings. The Hall–Kier alpha value is -2.21. The Labute approximate surface area is 108 Å². The van der Waals surface area contributed by atoms with Crippen LogP contribution in [0.2, 0.25) is 0 Å². The molecule has 0 aliphatic rings. The molecule has 0 bridgehead atoms. The molecule has 0 aliphatic heterocycles. The van der Waals surface area contributed by atoms with E-state index in [1.54, 1.807) is 7.11 Å². The van der Waals surface area contributed by atoms with Crippen molar-refractivity contribution >= 4 is 33.1 Å². The van der Waals surface area contributed by atoms with Crippen LogP contribution in [0.4, 0.5) is 10.8 Å². The number of methoxy groups -OCH3 is 1. The predicted molar refractivity (Wildman–Crippen MR) is 71.5 cm³/mol. The maximum absolute atomic E-state index is 5.20. The molecule has 1 aromatic heterocycles. The maximum Gasteiger partial charge on any atom is 0.229 e. The summed E-state index contributed by atoms with van der Waals surface area (Å²) in [5.74, 6) is 0.858. The van der Waals surface area contributed by atoms with Crippen LogP contribution in [0, 0.1) is 0 Å². The summed E-state index contributed by atoms with van der Waals surface area (Å²) in [5.41, 5.74) is 0.964. The molecule has 0 amide bonds. The maximum atomic E-state index is 5.20. The molecule has 1 N–H and O–H groups in total. The summed E-state index contributed by atoms with van der Waals surface area (Å²) in [6.45, 7) is 0. The van der Waals surface area contributed by atoms with E-state index in [9.17, 15) is 0 Å². The highest BCUT2D eigenvalue weighted by atomic mass is 32.1. The van der Waals surface area contributed by atoms with Gasteiger partial charge >= 0.3 is 0 Å². The van der Waals surface area contributed by atoms with Gasteiger partial charge in [-0.2, -0.15) is 0 Å². The number of aromatic nitrogens is 3. The highest BCUT2D eigenvalue weighted by molar-refractivity contribution is 7.09. The third-order valence-electron chi connectivity index (χ3n) is 2.60. The van der Waals surface area contributed by atoms with Crippen LogP contribution in [-0.4, -0.2) is 21.9 Å². The molecule has 0 fully saturated rings. The van der Waals surface area contributed by atoms with Crippen LogP contribution >= 0.6 is 11.5 Å². The van der Waals surface area contributed by atoms with Gasteiger partial charge in [-0.15, -0.1) is 0 Å². The van der Waals surface area contributed by atoms with Gasteiger partial charge in [-0.05, 0) is 40.3 Å². The van der Waals surface area contributed by atoms with Crippen LogP contribution in [0.5, 0.6) is 5.75 Å². The van der Waals surface area contributed by atoms with E-state index in [4.69, 9.17) is 4.74 Å². The third kappa shape index (κ3) is 2.10. The van der Waals surface area contributed by atoms with E-state index in [1.165, 1.54) is 11.5 Å². The zero-order chi connectivity index (χ0) is 12.4. The summed E-state index contributed by atoms with van der Waals surface area (Å²) in [6.07, 6.45) is 0. The van der Waals surface area contributed by atoms with E-state index in [-0.39, 0.29) is 0 Å². The van der Waals surface area contributed by atoms with Gasteiger partial charge in [0.05, 0.1) is 7.11 Å². The fourth-order valence-corrected chi connectivity index (χ4v) is 2.12. The fraction of sp³-hybridized carbons (Fsp3) is 0.0833. The second-order valence-corrected chi connectivity index (χ2v) is 4.45. The number of ether oxygens (including phenoxy) is 1. The van der Waals surface area contributed by atoms with Crippen LogP contribution in [-0.2, 0) is 0 Å². The Morgan fingerprint density at radius 3 is 2.72 bits per heavy atom. The molecule has 0 atom stereocenters. The van der Waals surface area contributed by atoms with Crippen LogP contribution < -0.4 is 10.1 Å². The smallest absolute Gasteiger partial charge is 0.229 e. The number of nitrogens with zero attached hydrogens (tertiary/aromatic N) is 3. The first-order chi connectivity index (χ1) is 8.85. The molecular formula is C12H10N4OS. The molecule has 0 aliphatic carbocycles. The van der Waals surface area contributed by atoms with Gasteiger partial charge in [-0.3, -0.25) is 0 Å². The first-order valence-corrected chi connectivity index (χ1v) is 6.12. The van der Waals surface area contributed by atoms with Gasteiger partial charge in [0.1, 0.15) is 5.75 Å². The normalized spacial score (nSPS) is 10.5. The molecule has 6 heteroatoms. The predicted octanol–water partition coefficient (Wildman–Crippen LogP) is 2.84. The van der Waals surface area contributed by atoms with Crippen molar-refractivity contribution in [2.45, 2.75) is 0 Å². The van der Waals surface area contributed by atoms with Crippen molar-refractivity contribution < 1.29 is 4.74 Å². The van der Waals surface area contributed by atoms with E-state index < -0.39 is 0 Å². The van der Waals surface area contributed by atoms with Crippen LogP contribution in [0.1, 0.15) is 0 Å². The lowest BCUT2D eigenvalue weighted by atomic mass is 10.1. The zero-order valence-electron chi connectivity index (χ0n) is 9.62. The highest BCUT2D eigenvalue weighted by Gasteiger charge is 2.01. The monoisotopic (exact) mass is 258 g/mol. The summed E-state index contributed by atoms with van der Waals surface area (Å²) in [6, 6.07) is 12.1. The SMILES string of the molecule is COc1ccc2cc(Nc3nnns3)ccc2c1. The molecule has 0 saturated carbocycles. The molecular weight excluding hydrogens is 248 g/mol. The average molecular weight is 258 g/mol. The number of anilines is 2. The molecule has 0 unspecified atom stereocenters. The van der Waals surface area contributed by atoms with E-state index in [0.717, 1.165) is 22.2 Å². The van der Waals surface area contributed by atoms with Crippen molar-refractivity contribution in [1.29, 1.82) is 0 Å². The Kier molecular flexibility index (Phi) is 2.77. The van der Waals surface area contributed by atoms with Gasteiger partial charge in [0.25, 0.3) is 0 Å². The second kappa shape index (κ2) is 4.58. The second-order valence-electron chi connectivity index (χ2n) is 3.72. The number of hydrogen-bond acceptors (Lipinski definition) is 6. The highest BCUT2D eigenvalue weighted by Crippen LogP contribution is 2.25. The van der Waals surface area contributed by atoms with Crippen molar-refractivity contribution in [1.82, 2.24) is 14.8 Å². The van der Waals surface area contributed by atoms with Crippen molar-refractivity contribution in [3.8, 4) is 5.75 Å². The van der Waals surface area contributed by atoms with E-state index in [2.05, 4.69) is 26.2 Å². The summed E-state index contributed by atoms with van der Waals surface area (Å²) < 4.78 is 8.90. The lowest BCUT2D eigenvalue weighted by Gasteiger charge is -2.05. The standard InChI is InChI=1S/C12H10N4OS/c1-17-11-5-3-8-6-10(4-2-9(8)7-11)13-12-14-15-16-18-12/h2-7H,1H3,(H,13,14,16). The number of nitrogens with one attached hydrogen (secondary N) is 1. The number of rotatable bonds is 3. The van der Waals surface area contributed by atoms with E-state index in [1.807, 2.05) is 30.3 Å². The molecule has 2 aromatic carbocycles. The Morgan fingerprint density at radius 1 is 1.11 bits per heavy atom. The number of fused-ring (bicyclic) bond motifs is 1. The summed E-state index contributed by atoms with van der Waals surface area (Å²) in [4.78, 5) is 0. The Bertz CT molecular complexity index is 669. The largest absolute Gasteiger partial charge is 0.497 e. The Balaban J connectivity index is 1.96. The quantitative estimate of drug-likeness (QED) is 0.782. The van der Waals surface area contributed by atoms with Crippen molar-refractivity contribution in [3.63, 3.8) is 0 Å². The molecule has 0 radical (unpaired) electrons. The van der Waals surface area contributed by atoms with Crippen molar-refractivity contribution in [2.75, 3.05) is 12.4 Å². The summed E-state index contributed by atoms with van der Waals surface area (Å²) in [5, 5.41) is 13.5. The van der Waals surface area contributed by atoms with Crippen LogP contribution in [0.3, 0.4) is 0 Å².